The number of nitrogens with zero attached hydrogens (tertiary/aromatic N) is 1. The lowest BCUT2D eigenvalue weighted by Crippen LogP contribution is -2.56. The van der Waals surface area contributed by atoms with Crippen LogP contribution < -0.4 is 21.1 Å². The lowest BCUT2D eigenvalue weighted by Gasteiger charge is -2.31. The molecule has 0 spiro atoms. The summed E-state index contributed by atoms with van der Waals surface area (Å²) in [4.78, 5) is 39.6. The van der Waals surface area contributed by atoms with Crippen LogP contribution in [0.1, 0.15) is 68.6 Å². The van der Waals surface area contributed by atoms with Crippen LogP contribution in [-0.2, 0) is 32.8 Å². The molecular formula is C32H43FN4O5. The SMILES string of the molecule is CCc1cccc(C2(NC[C@@H](O)C3Cc4cc(F)cc(c4)OCCCCCC(=O)N(C)C(CC(N)=O)C(=O)N3)CC2)c1. The number of primary amides is 1. The molecule has 10 heteroatoms. The highest BCUT2D eigenvalue weighted by Crippen LogP contribution is 2.45. The number of nitrogens with one attached hydrogen (secondary N) is 2. The third kappa shape index (κ3) is 8.29. The lowest BCUT2D eigenvalue weighted by atomic mass is 9.97. The van der Waals surface area contributed by atoms with E-state index in [1.54, 1.807) is 6.07 Å². The lowest BCUT2D eigenvalue weighted by molar-refractivity contribution is -0.141. The molecule has 3 amide bonds. The minimum Gasteiger partial charge on any atom is -0.493 e. The van der Waals surface area contributed by atoms with E-state index in [0.29, 0.717) is 37.2 Å². The Balaban J connectivity index is 1.59. The zero-order valence-electron chi connectivity index (χ0n) is 24.5. The van der Waals surface area contributed by atoms with Crippen molar-refractivity contribution in [1.29, 1.82) is 0 Å². The fourth-order valence-electron chi connectivity index (χ4n) is 5.55. The number of benzene rings is 2. The zero-order valence-corrected chi connectivity index (χ0v) is 24.5. The fraction of sp³-hybridized carbons (Fsp3) is 0.531. The average Bonchev–Trinajstić information content (AvgIpc) is 3.76. The molecule has 1 saturated carbocycles. The van der Waals surface area contributed by atoms with Gasteiger partial charge < -0.3 is 31.1 Å². The highest BCUT2D eigenvalue weighted by molar-refractivity contribution is 5.91. The van der Waals surface area contributed by atoms with Crippen LogP contribution in [0.2, 0.25) is 0 Å². The van der Waals surface area contributed by atoms with Crippen LogP contribution in [0.25, 0.3) is 0 Å². The Labute approximate surface area is 247 Å². The van der Waals surface area contributed by atoms with Gasteiger partial charge in [-0.1, -0.05) is 31.2 Å². The molecule has 1 aliphatic carbocycles. The minimum absolute atomic E-state index is 0.0992. The Kier molecular flexibility index (Phi) is 10.6. The molecule has 2 aromatic rings. The molecule has 0 saturated heterocycles. The van der Waals surface area contributed by atoms with Gasteiger partial charge >= 0.3 is 0 Å². The molecule has 2 aliphatic rings. The fourth-order valence-corrected chi connectivity index (χ4v) is 5.55. The van der Waals surface area contributed by atoms with Gasteiger partial charge in [-0.25, -0.2) is 4.39 Å². The molecule has 0 aromatic heterocycles. The summed E-state index contributed by atoms with van der Waals surface area (Å²) in [5.41, 5.74) is 8.12. The predicted molar refractivity (Wildman–Crippen MR) is 157 cm³/mol. The van der Waals surface area contributed by atoms with Crippen LogP contribution in [0.4, 0.5) is 4.39 Å². The monoisotopic (exact) mass is 582 g/mol. The summed E-state index contributed by atoms with van der Waals surface area (Å²) in [5, 5.41) is 17.8. The first-order valence-corrected chi connectivity index (χ1v) is 14.9. The number of halogens is 1. The minimum atomic E-state index is -1.14. The van der Waals surface area contributed by atoms with Crippen LogP contribution in [0.15, 0.2) is 42.5 Å². The van der Waals surface area contributed by atoms with Crippen molar-refractivity contribution in [2.75, 3.05) is 20.2 Å². The van der Waals surface area contributed by atoms with E-state index in [4.69, 9.17) is 10.5 Å². The summed E-state index contributed by atoms with van der Waals surface area (Å²) in [6, 6.07) is 10.8. The smallest absolute Gasteiger partial charge is 0.243 e. The van der Waals surface area contributed by atoms with E-state index >= 15 is 0 Å². The van der Waals surface area contributed by atoms with Gasteiger partial charge in [-0.05, 0) is 73.8 Å². The number of aliphatic hydroxyl groups is 1. The number of carbonyl (C=O) groups is 3. The van der Waals surface area contributed by atoms with Crippen LogP contribution in [0.5, 0.6) is 5.75 Å². The number of hydrogen-bond donors (Lipinski definition) is 4. The molecule has 2 bridgehead atoms. The summed E-state index contributed by atoms with van der Waals surface area (Å²) in [5.74, 6) is -1.72. The summed E-state index contributed by atoms with van der Waals surface area (Å²) in [7, 11) is 1.48. The van der Waals surface area contributed by atoms with Crippen LogP contribution in [0, 0.1) is 5.82 Å². The molecular weight excluding hydrogens is 539 g/mol. The number of aryl methyl sites for hydroxylation is 1. The van der Waals surface area contributed by atoms with Gasteiger partial charge in [0.15, 0.2) is 0 Å². The largest absolute Gasteiger partial charge is 0.493 e. The molecule has 1 heterocycles. The maximum atomic E-state index is 14.6. The second-order valence-electron chi connectivity index (χ2n) is 11.5. The molecule has 9 nitrogen and oxygen atoms in total. The Morgan fingerprint density at radius 3 is 2.71 bits per heavy atom. The highest BCUT2D eigenvalue weighted by Gasteiger charge is 2.44. The number of carbonyl (C=O) groups excluding carboxylic acids is 3. The number of aliphatic hydroxyl groups excluding tert-OH is 1. The van der Waals surface area contributed by atoms with Crippen molar-refractivity contribution < 1.29 is 28.6 Å². The molecule has 1 fully saturated rings. The summed E-state index contributed by atoms with van der Waals surface area (Å²) in [6.45, 7) is 2.63. The number of nitrogens with two attached hydrogens (primary N) is 1. The van der Waals surface area contributed by atoms with Crippen molar-refractivity contribution in [3.8, 4) is 5.75 Å². The van der Waals surface area contributed by atoms with Gasteiger partial charge in [-0.15, -0.1) is 0 Å². The van der Waals surface area contributed by atoms with E-state index < -0.39 is 35.8 Å². The second-order valence-corrected chi connectivity index (χ2v) is 11.5. The molecule has 228 valence electrons. The summed E-state index contributed by atoms with van der Waals surface area (Å²) >= 11 is 0. The number of fused-ring (bicyclic) bond motifs is 2. The average molecular weight is 583 g/mol. The Hall–Kier alpha value is -3.50. The third-order valence-corrected chi connectivity index (χ3v) is 8.33. The first kappa shape index (κ1) is 31.4. The quantitative estimate of drug-likeness (QED) is 0.378. The molecule has 4 rings (SSSR count). The van der Waals surface area contributed by atoms with E-state index in [9.17, 15) is 23.9 Å². The van der Waals surface area contributed by atoms with Crippen LogP contribution >= 0.6 is 0 Å². The van der Waals surface area contributed by atoms with Gasteiger partial charge in [0.1, 0.15) is 17.6 Å². The first-order valence-electron chi connectivity index (χ1n) is 14.9. The van der Waals surface area contributed by atoms with E-state index in [0.717, 1.165) is 24.8 Å². The standard InChI is InChI=1S/C32H43FN4O5/c1-3-21-8-7-9-23(14-21)32(11-12-32)35-20-28(38)26-17-22-15-24(33)18-25(16-22)42-13-6-4-5-10-30(40)37(2)27(19-29(34)39)31(41)36-26/h7-9,14-16,18,26-28,35,38H,3-6,10-13,17,19-20H2,1-2H3,(H2,34,39)(H,36,41)/t26?,27?,28-/m1/s1. The van der Waals surface area contributed by atoms with Gasteiger partial charge in [0.25, 0.3) is 0 Å². The van der Waals surface area contributed by atoms with Crippen molar-refractivity contribution in [2.45, 2.75) is 88.4 Å². The van der Waals surface area contributed by atoms with Crippen molar-refractivity contribution in [1.82, 2.24) is 15.5 Å². The molecule has 3 atom stereocenters. The Morgan fingerprint density at radius 1 is 1.21 bits per heavy atom. The summed E-state index contributed by atoms with van der Waals surface area (Å²) < 4.78 is 20.3. The van der Waals surface area contributed by atoms with Crippen LogP contribution in [0.3, 0.4) is 0 Å². The Bertz CT molecular complexity index is 1270. The molecule has 0 radical (unpaired) electrons. The van der Waals surface area contributed by atoms with Crippen LogP contribution in [-0.4, -0.2) is 66.1 Å². The predicted octanol–water partition coefficient (Wildman–Crippen LogP) is 2.71. The second kappa shape index (κ2) is 14.1. The summed E-state index contributed by atoms with van der Waals surface area (Å²) in [6.07, 6.45) is 3.58. The maximum absolute atomic E-state index is 14.6. The maximum Gasteiger partial charge on any atom is 0.243 e. The molecule has 1 aliphatic heterocycles. The van der Waals surface area contributed by atoms with E-state index in [1.165, 1.54) is 29.6 Å². The number of rotatable bonds is 8. The molecule has 42 heavy (non-hydrogen) atoms. The molecule has 5 N–H and O–H groups in total. The normalized spacial score (nSPS) is 22.1. The molecule has 2 aromatic carbocycles. The van der Waals surface area contributed by atoms with Crippen molar-refractivity contribution in [3.63, 3.8) is 0 Å². The highest BCUT2D eigenvalue weighted by atomic mass is 19.1. The topological polar surface area (TPSA) is 134 Å². The number of ether oxygens (including phenoxy) is 1. The van der Waals surface area contributed by atoms with E-state index in [1.807, 2.05) is 6.07 Å². The van der Waals surface area contributed by atoms with Gasteiger partial charge in [0, 0.05) is 31.6 Å². The molecule has 2 unspecified atom stereocenters. The number of likely N-dealkylation sites (N-methyl/N-ethyl adjacent to an activating group) is 1. The Morgan fingerprint density at radius 2 is 2.00 bits per heavy atom. The number of hydrogen-bond acceptors (Lipinski definition) is 6. The van der Waals surface area contributed by atoms with Crippen molar-refractivity contribution >= 4 is 17.7 Å². The van der Waals surface area contributed by atoms with E-state index in [-0.39, 0.29) is 37.3 Å². The van der Waals surface area contributed by atoms with Gasteiger partial charge in [-0.3, -0.25) is 14.4 Å². The van der Waals surface area contributed by atoms with Crippen molar-refractivity contribution in [3.05, 3.63) is 65.0 Å². The third-order valence-electron chi connectivity index (χ3n) is 8.33. The van der Waals surface area contributed by atoms with Gasteiger partial charge in [0.05, 0.1) is 25.2 Å². The van der Waals surface area contributed by atoms with E-state index in [2.05, 4.69) is 35.8 Å². The zero-order chi connectivity index (χ0) is 30.3. The van der Waals surface area contributed by atoms with Gasteiger partial charge in [-0.2, -0.15) is 0 Å². The van der Waals surface area contributed by atoms with Gasteiger partial charge in [0.2, 0.25) is 17.7 Å². The number of amides is 3. The van der Waals surface area contributed by atoms with Crippen molar-refractivity contribution in [2.24, 2.45) is 5.73 Å². The first-order chi connectivity index (χ1) is 20.1.